The molecule has 15 bridgehead atoms. The van der Waals surface area contributed by atoms with Crippen molar-refractivity contribution < 1.29 is 132 Å². The molecule has 18 atom stereocenters. The van der Waals surface area contributed by atoms with Crippen molar-refractivity contribution in [3.8, 4) is 79.4 Å². The number of aliphatic hydroxyl groups is 6. The number of phenols is 3. The lowest BCUT2D eigenvalue weighted by Gasteiger charge is -2.54. The van der Waals surface area contributed by atoms with Gasteiger partial charge in [0, 0.05) is 48.5 Å². The summed E-state index contributed by atoms with van der Waals surface area (Å²) in [5.74, 6) is -15.4. The summed E-state index contributed by atoms with van der Waals surface area (Å²) in [6.07, 6.45) is -18.3. The summed E-state index contributed by atoms with van der Waals surface area (Å²) in [6.45, 7) is 5.11. The van der Waals surface area contributed by atoms with Crippen molar-refractivity contribution in [1.29, 1.82) is 0 Å². The molecular weight excluding hydrogens is 1920 g/mol. The molecule has 6 fully saturated rings. The molecule has 760 valence electrons. The Hall–Kier alpha value is -13.7. The Morgan fingerprint density at radius 2 is 1.11 bits per heavy atom. The smallest absolute Gasteiger partial charge is 0.410 e. The van der Waals surface area contributed by atoms with Gasteiger partial charge in [0.25, 0.3) is 0 Å². The molecule has 39 heteroatoms. The number of amides is 10. The van der Waals surface area contributed by atoms with Crippen molar-refractivity contribution in [1.82, 2.24) is 47.4 Å². The van der Waals surface area contributed by atoms with Crippen LogP contribution in [-0.4, -0.2) is 222 Å². The minimum atomic E-state index is -2.44. The van der Waals surface area contributed by atoms with Gasteiger partial charge in [-0.05, 0) is 209 Å². The molecule has 13 aliphatic rings. The highest BCUT2D eigenvalue weighted by atomic mass is 35.5. The Morgan fingerprint density at radius 3 is 1.68 bits per heavy atom. The van der Waals surface area contributed by atoms with Crippen LogP contribution in [0.3, 0.4) is 0 Å². The lowest BCUT2D eigenvalue weighted by Crippen LogP contribution is -2.66. The average Bonchev–Trinajstić information content (AvgIpc) is 1.68. The number of alkyl carbamates (subject to hydrolysis) is 1. The first kappa shape index (κ1) is 100. The number of aliphatic hydroxyl groups excluding tert-OH is 6. The van der Waals surface area contributed by atoms with Crippen LogP contribution in [0.5, 0.6) is 46.0 Å². The van der Waals surface area contributed by atoms with Gasteiger partial charge in [-0.15, -0.1) is 0 Å². The first-order valence-electron chi connectivity index (χ1n) is 48.2. The second kappa shape index (κ2) is 40.7. The van der Waals surface area contributed by atoms with Crippen LogP contribution in [0.4, 0.5) is 9.59 Å². The van der Waals surface area contributed by atoms with E-state index in [1.165, 1.54) is 45.2 Å². The van der Waals surface area contributed by atoms with Gasteiger partial charge in [0.15, 0.2) is 23.9 Å². The highest BCUT2D eigenvalue weighted by Crippen LogP contribution is 2.56. The van der Waals surface area contributed by atoms with E-state index < -0.39 is 262 Å². The number of hydrogen-bond acceptors (Lipinski definition) is 27. The van der Waals surface area contributed by atoms with E-state index in [-0.39, 0.29) is 76.7 Å². The average molecular weight is 2030 g/mol. The Balaban J connectivity index is 0.725. The Morgan fingerprint density at radius 1 is 0.566 bits per heavy atom. The van der Waals surface area contributed by atoms with Gasteiger partial charge < -0.3 is 132 Å². The van der Waals surface area contributed by atoms with E-state index >= 15 is 33.6 Å². The molecule has 37 nitrogen and oxygen atoms in total. The van der Waals surface area contributed by atoms with Crippen molar-refractivity contribution in [2.45, 2.75) is 206 Å². The third kappa shape index (κ3) is 19.8. The molecule has 2 saturated heterocycles. The predicted octanol–water partition coefficient (Wildman–Crippen LogP) is 9.20. The zero-order chi connectivity index (χ0) is 102. The van der Waals surface area contributed by atoms with Crippen LogP contribution in [0.1, 0.15) is 171 Å². The van der Waals surface area contributed by atoms with Crippen molar-refractivity contribution in [2.24, 2.45) is 35.3 Å². The van der Waals surface area contributed by atoms with Gasteiger partial charge in [0.2, 0.25) is 59.3 Å². The normalized spacial score (nSPS) is 28.3. The van der Waals surface area contributed by atoms with Gasteiger partial charge in [0.1, 0.15) is 121 Å². The highest BCUT2D eigenvalue weighted by Gasteiger charge is 2.55. The van der Waals surface area contributed by atoms with Crippen LogP contribution in [0.25, 0.3) is 33.4 Å². The number of carbonyl (C=O) groups is 10. The van der Waals surface area contributed by atoms with Crippen molar-refractivity contribution in [3.63, 3.8) is 0 Å². The lowest BCUT2D eigenvalue weighted by molar-refractivity contribution is -0.334. The maximum absolute atomic E-state index is 16.7. The Kier molecular flexibility index (Phi) is 28.1. The molecule has 9 aromatic rings. The van der Waals surface area contributed by atoms with E-state index in [2.05, 4.69) is 42.5 Å². The SMILES string of the molecule is CC(C)CC(C(=O)NC1C(=O)NC(CC(N)=O)C(=O)NC2C(=O)NC3C(=O)NC(C(=O)NC(C(=O)NC4C5CC6CC(C5)CC4C6)c4cc(O)cc(O)c4-c4cc3ccc4O)C(O)c3ccc(c(Cl)c3)Oc3cc2cc(c3OC2OC(CO)C(O)C(O)C2OC2CC(C)(NC(=O)OCC3c4ccccc4-c4ccccc43)C(O)C(C)O2)Oc2ccc(cc2Cl)C1O)N(C)C(=O)OCC1c2ccccc2-c2ccccc21. The summed E-state index contributed by atoms with van der Waals surface area (Å²) in [4.78, 5) is 155. The molecule has 7 aliphatic heterocycles. The molecule has 19 N–H and O–H groups in total. The van der Waals surface area contributed by atoms with E-state index in [4.69, 9.17) is 66.8 Å². The number of carbonyl (C=O) groups excluding carboxylic acids is 10. The number of hydrogen-bond donors (Lipinski definition) is 18. The third-order valence-corrected chi connectivity index (χ3v) is 30.3. The van der Waals surface area contributed by atoms with Gasteiger partial charge in [-0.1, -0.05) is 152 Å². The first-order valence-corrected chi connectivity index (χ1v) is 49.0. The van der Waals surface area contributed by atoms with Crippen molar-refractivity contribution >= 4 is 82.6 Å². The number of primary amides is 1. The number of fused-ring (bicyclic) bond motifs is 21. The summed E-state index contributed by atoms with van der Waals surface area (Å²) in [5, 5.41) is 130. The van der Waals surface area contributed by atoms with Crippen LogP contribution >= 0.6 is 23.2 Å². The van der Waals surface area contributed by atoms with Crippen molar-refractivity contribution in [3.05, 3.63) is 236 Å². The number of nitrogens with two attached hydrogens (primary N) is 1. The van der Waals surface area contributed by atoms with Crippen LogP contribution in [0, 0.1) is 29.6 Å². The topological polar surface area (TPSA) is 552 Å². The number of likely N-dealkylation sites (N-methyl/N-ethyl adjacent to an activating group) is 1. The summed E-state index contributed by atoms with van der Waals surface area (Å²) in [5.41, 5.74) is 9.25. The largest absolute Gasteiger partial charge is 0.508 e. The van der Waals surface area contributed by atoms with Gasteiger partial charge in [0.05, 0.1) is 34.7 Å². The van der Waals surface area contributed by atoms with Crippen molar-refractivity contribution in [2.75, 3.05) is 26.9 Å². The van der Waals surface area contributed by atoms with Gasteiger partial charge in [-0.25, -0.2) is 9.59 Å². The van der Waals surface area contributed by atoms with E-state index in [0.29, 0.717) is 11.8 Å². The van der Waals surface area contributed by atoms with E-state index in [9.17, 15) is 60.3 Å². The fourth-order valence-electron chi connectivity index (χ4n) is 22.8. The molecule has 22 rings (SSSR count). The van der Waals surface area contributed by atoms with Gasteiger partial charge >= 0.3 is 12.2 Å². The van der Waals surface area contributed by atoms with E-state index in [0.717, 1.165) is 136 Å². The summed E-state index contributed by atoms with van der Waals surface area (Å²) in [7, 11) is 1.30. The number of nitrogens with zero attached hydrogens (tertiary/aromatic N) is 1. The summed E-state index contributed by atoms with van der Waals surface area (Å²) < 4.78 is 52.0. The molecule has 7 heterocycles. The second-order valence-electron chi connectivity index (χ2n) is 39.8. The van der Waals surface area contributed by atoms with Crippen LogP contribution in [0.15, 0.2) is 176 Å². The lowest BCUT2D eigenvalue weighted by atomic mass is 9.54. The van der Waals surface area contributed by atoms with Crippen LogP contribution in [-0.2, 0) is 62.0 Å². The van der Waals surface area contributed by atoms with E-state index in [1.807, 2.05) is 97.1 Å². The Bertz CT molecular complexity index is 6510. The number of nitrogens with one attached hydrogen (secondary N) is 8. The molecule has 4 saturated carbocycles. The standard InChI is InChI=1S/C106H110Cl2N10O27/c1-46(2)28-72(118(5)105(137)139-45-68-63-20-12-8-16-59(63)60-17-9-13-21-64(60)68)97(130)115-87-89(124)51-23-26-75(69(107)35-51)141-77-37-55-38-78(93(77)145-103-94(92(127)91(126)79(43-119)143-103)144-81-42-106(4,95(128)47(3)140-81)117-104(136)138-44-67-61-18-10-6-14-57(61)58-15-7-11-19-62(58)67)142-76-27-24-52(36-70(76)108)90(125)88-102(135)114-86(100(133)111-83-53-30-48-29-49(32-53)33-54(83)31-48)66-39-56(120)40-74(122)82(66)65-34-50(22-25-73(65)121)84(98(131)116-88)113-99(132)85(55)112-96(129)71(41-80(109)123)110-101(87)134/h6-27,34-40,46-49,53-54,67-68,71-72,79,81,83-92,94-95,103,119-122,124-128H,28-33,41-45H2,1-5H3,(H2,109,123)(H,110,134)(H,111,133)(H,112,129)(H,113,132)(H,114,135)(H,115,130)(H,116,131)(H,117,136). The molecule has 10 amide bonds. The van der Waals surface area contributed by atoms with Crippen LogP contribution in [0.2, 0.25) is 10.0 Å². The van der Waals surface area contributed by atoms with Gasteiger partial charge in [-0.2, -0.15) is 0 Å². The number of halogens is 2. The number of aromatic hydroxyl groups is 3. The molecule has 6 aliphatic carbocycles. The maximum Gasteiger partial charge on any atom is 0.410 e. The summed E-state index contributed by atoms with van der Waals surface area (Å²) >= 11 is 14.7. The molecule has 9 aromatic carbocycles. The molecule has 0 radical (unpaired) electrons. The maximum atomic E-state index is 16.7. The molecule has 0 aromatic heterocycles. The number of rotatable bonds is 19. The number of phenolic OH excluding ortho intramolecular Hbond substituents is 3. The molecule has 18 unspecified atom stereocenters. The number of ether oxygens (including phenoxy) is 8. The second-order valence-corrected chi connectivity index (χ2v) is 40.6. The fourth-order valence-corrected chi connectivity index (χ4v) is 23.2. The van der Waals surface area contributed by atoms with Crippen LogP contribution < -0.4 is 62.5 Å². The monoisotopic (exact) mass is 2020 g/mol. The van der Waals surface area contributed by atoms with Gasteiger partial charge in [-0.3, -0.25) is 43.3 Å². The third-order valence-electron chi connectivity index (χ3n) is 29.7. The zero-order valence-electron chi connectivity index (χ0n) is 79.1. The minimum Gasteiger partial charge on any atom is -0.508 e. The molecule has 0 spiro atoms. The number of benzene rings is 9. The summed E-state index contributed by atoms with van der Waals surface area (Å²) in [6, 6.07) is 29.6. The fraction of sp³-hybridized carbons (Fsp3) is 0.396. The zero-order valence-corrected chi connectivity index (χ0v) is 80.6. The molecular formula is C106H110Cl2N10O27. The highest BCUT2D eigenvalue weighted by molar-refractivity contribution is 6.32. The minimum absolute atomic E-state index is 0.0391. The predicted molar refractivity (Wildman–Crippen MR) is 518 cm³/mol. The van der Waals surface area contributed by atoms with E-state index in [1.54, 1.807) is 13.8 Å². The Labute approximate surface area is 841 Å². The molecule has 145 heavy (non-hydrogen) atoms. The quantitative estimate of drug-likeness (QED) is 0.0358. The first-order chi connectivity index (χ1) is 69.4.